The standard InChI is InChI=1S/C28H34ClN3O4/c1-36-21-9-10-24-22(18-21)26(23(29)19-30-24)25(33)11-12-28(27(34)31-35)13-16-32(17-14-28)15-5-8-20-6-3-2-4-7-20/h2-4,6-7,9-10,18-19,25,33,35H,5,8,11-17H2,1H3,(H,31,34)/t25-/m1/s1. The number of hydroxylamine groups is 1. The fourth-order valence-corrected chi connectivity index (χ4v) is 5.53. The highest BCUT2D eigenvalue weighted by Gasteiger charge is 2.41. The van der Waals surface area contributed by atoms with Crippen LogP contribution in [0.15, 0.2) is 54.7 Å². The lowest BCUT2D eigenvalue weighted by molar-refractivity contribution is -0.143. The number of carbonyl (C=O) groups excluding carboxylic acids is 1. The summed E-state index contributed by atoms with van der Waals surface area (Å²) in [5.74, 6) is 0.266. The molecular weight excluding hydrogens is 478 g/mol. The fourth-order valence-electron chi connectivity index (χ4n) is 5.26. The second-order valence-corrected chi connectivity index (χ2v) is 10.0. The summed E-state index contributed by atoms with van der Waals surface area (Å²) >= 11 is 6.46. The smallest absolute Gasteiger partial charge is 0.249 e. The van der Waals surface area contributed by atoms with E-state index in [1.54, 1.807) is 13.3 Å². The van der Waals surface area contributed by atoms with Crippen LogP contribution in [-0.4, -0.2) is 52.8 Å². The van der Waals surface area contributed by atoms with Crippen LogP contribution in [0.25, 0.3) is 10.9 Å². The molecule has 3 aromatic rings. The van der Waals surface area contributed by atoms with Crippen molar-refractivity contribution in [1.29, 1.82) is 0 Å². The number of piperidine rings is 1. The Balaban J connectivity index is 1.40. The Morgan fingerprint density at radius 3 is 2.67 bits per heavy atom. The number of amides is 1. The van der Waals surface area contributed by atoms with Crippen LogP contribution in [-0.2, 0) is 11.2 Å². The van der Waals surface area contributed by atoms with Crippen LogP contribution >= 0.6 is 11.6 Å². The highest BCUT2D eigenvalue weighted by Crippen LogP contribution is 2.41. The summed E-state index contributed by atoms with van der Waals surface area (Å²) < 4.78 is 5.34. The molecule has 1 saturated heterocycles. The number of likely N-dealkylation sites (tertiary alicyclic amines) is 1. The van der Waals surface area contributed by atoms with Crippen molar-refractivity contribution in [1.82, 2.24) is 15.4 Å². The summed E-state index contributed by atoms with van der Waals surface area (Å²) in [5.41, 5.74) is 3.77. The summed E-state index contributed by atoms with van der Waals surface area (Å²) in [6.07, 6.45) is 4.74. The molecule has 36 heavy (non-hydrogen) atoms. The number of hydrogen-bond acceptors (Lipinski definition) is 6. The maximum absolute atomic E-state index is 12.8. The molecule has 2 aromatic carbocycles. The van der Waals surface area contributed by atoms with E-state index in [4.69, 9.17) is 16.3 Å². The first-order chi connectivity index (χ1) is 17.5. The van der Waals surface area contributed by atoms with Gasteiger partial charge in [-0.15, -0.1) is 0 Å². The number of fused-ring (bicyclic) bond motifs is 1. The van der Waals surface area contributed by atoms with Crippen molar-refractivity contribution in [2.45, 2.75) is 44.6 Å². The lowest BCUT2D eigenvalue weighted by Crippen LogP contribution is -2.48. The van der Waals surface area contributed by atoms with Crippen LogP contribution in [0.4, 0.5) is 0 Å². The van der Waals surface area contributed by atoms with Gasteiger partial charge in [-0.1, -0.05) is 41.9 Å². The molecule has 192 valence electrons. The second kappa shape index (κ2) is 12.0. The van der Waals surface area contributed by atoms with Gasteiger partial charge in [-0.05, 0) is 81.9 Å². The molecule has 1 fully saturated rings. The van der Waals surface area contributed by atoms with E-state index in [0.717, 1.165) is 37.9 Å². The number of aromatic nitrogens is 1. The van der Waals surface area contributed by atoms with Crippen molar-refractivity contribution in [2.75, 3.05) is 26.7 Å². The van der Waals surface area contributed by atoms with Gasteiger partial charge in [0.2, 0.25) is 5.91 Å². The molecule has 0 bridgehead atoms. The maximum atomic E-state index is 12.8. The summed E-state index contributed by atoms with van der Waals surface area (Å²) in [6.45, 7) is 2.51. The first-order valence-electron chi connectivity index (χ1n) is 12.5. The van der Waals surface area contributed by atoms with E-state index in [-0.39, 0.29) is 5.91 Å². The summed E-state index contributed by atoms with van der Waals surface area (Å²) in [4.78, 5) is 19.5. The van der Waals surface area contributed by atoms with Gasteiger partial charge in [0, 0.05) is 17.1 Å². The minimum absolute atomic E-state index is 0.331. The molecular formula is C28H34ClN3O4. The third-order valence-electron chi connectivity index (χ3n) is 7.48. The molecule has 0 spiro atoms. The van der Waals surface area contributed by atoms with Crippen molar-refractivity contribution in [3.05, 3.63) is 70.9 Å². The zero-order valence-corrected chi connectivity index (χ0v) is 21.4. The van der Waals surface area contributed by atoms with E-state index in [0.29, 0.717) is 47.5 Å². The topological polar surface area (TPSA) is 94.9 Å². The Morgan fingerprint density at radius 1 is 1.22 bits per heavy atom. The number of rotatable bonds is 10. The SMILES string of the molecule is COc1ccc2ncc(Cl)c([C@H](O)CCC3(C(=O)NO)CCN(CCCc4ccccc4)CC3)c2c1. The Bertz CT molecular complexity index is 1170. The molecule has 1 atom stereocenters. The van der Waals surface area contributed by atoms with E-state index < -0.39 is 11.5 Å². The largest absolute Gasteiger partial charge is 0.497 e. The molecule has 8 heteroatoms. The van der Waals surface area contributed by atoms with Crippen molar-refractivity contribution in [3.8, 4) is 5.75 Å². The van der Waals surface area contributed by atoms with Crippen LogP contribution in [0, 0.1) is 5.41 Å². The molecule has 7 nitrogen and oxygen atoms in total. The molecule has 0 radical (unpaired) electrons. The number of ether oxygens (including phenoxy) is 1. The fraction of sp³-hybridized carbons (Fsp3) is 0.429. The predicted octanol–water partition coefficient (Wildman–Crippen LogP) is 4.93. The van der Waals surface area contributed by atoms with Crippen LogP contribution in [0.5, 0.6) is 5.75 Å². The molecule has 0 aliphatic carbocycles. The number of nitrogens with one attached hydrogen (secondary N) is 1. The Hall–Kier alpha value is -2.71. The Labute approximate surface area is 217 Å². The molecule has 3 N–H and O–H groups in total. The number of halogens is 1. The molecule has 1 aliphatic rings. The lowest BCUT2D eigenvalue weighted by Gasteiger charge is -2.40. The minimum atomic E-state index is -0.887. The first-order valence-corrected chi connectivity index (χ1v) is 12.8. The molecule has 1 amide bonds. The van der Waals surface area contributed by atoms with Crippen LogP contribution in [0.2, 0.25) is 5.02 Å². The Morgan fingerprint density at radius 2 is 1.97 bits per heavy atom. The second-order valence-electron chi connectivity index (χ2n) is 9.61. The monoisotopic (exact) mass is 511 g/mol. The van der Waals surface area contributed by atoms with Crippen molar-refractivity contribution in [3.63, 3.8) is 0 Å². The van der Waals surface area contributed by atoms with Crippen molar-refractivity contribution >= 4 is 28.4 Å². The first kappa shape index (κ1) is 26.4. The maximum Gasteiger partial charge on any atom is 0.249 e. The molecule has 2 heterocycles. The van der Waals surface area contributed by atoms with E-state index in [1.807, 2.05) is 29.7 Å². The van der Waals surface area contributed by atoms with Crippen LogP contribution in [0.1, 0.15) is 49.3 Å². The lowest BCUT2D eigenvalue weighted by atomic mass is 9.73. The number of nitrogens with zero attached hydrogens (tertiary/aromatic N) is 2. The van der Waals surface area contributed by atoms with E-state index in [2.05, 4.69) is 34.1 Å². The van der Waals surface area contributed by atoms with E-state index >= 15 is 0 Å². The van der Waals surface area contributed by atoms with Gasteiger partial charge in [0.25, 0.3) is 0 Å². The summed E-state index contributed by atoms with van der Waals surface area (Å²) in [6, 6.07) is 15.9. The number of methoxy groups -OCH3 is 1. The predicted molar refractivity (Wildman–Crippen MR) is 140 cm³/mol. The van der Waals surface area contributed by atoms with Gasteiger partial charge in [-0.25, -0.2) is 5.48 Å². The zero-order chi connectivity index (χ0) is 25.5. The van der Waals surface area contributed by atoms with Gasteiger partial charge in [-0.2, -0.15) is 0 Å². The van der Waals surface area contributed by atoms with Gasteiger partial charge < -0.3 is 14.7 Å². The van der Waals surface area contributed by atoms with Gasteiger partial charge in [0.05, 0.1) is 29.2 Å². The average molecular weight is 512 g/mol. The molecule has 1 aromatic heterocycles. The summed E-state index contributed by atoms with van der Waals surface area (Å²) in [7, 11) is 1.58. The number of pyridine rings is 1. The number of aliphatic hydroxyl groups is 1. The minimum Gasteiger partial charge on any atom is -0.497 e. The van der Waals surface area contributed by atoms with Crippen LogP contribution < -0.4 is 10.2 Å². The van der Waals surface area contributed by atoms with Crippen molar-refractivity contribution < 1.29 is 19.8 Å². The molecule has 1 aliphatic heterocycles. The molecule has 0 saturated carbocycles. The van der Waals surface area contributed by atoms with E-state index in [1.165, 1.54) is 5.56 Å². The highest BCUT2D eigenvalue weighted by atomic mass is 35.5. The number of hydrogen-bond donors (Lipinski definition) is 3. The summed E-state index contributed by atoms with van der Waals surface area (Å²) in [5, 5.41) is 21.8. The number of aliphatic hydroxyl groups excluding tert-OH is 1. The quantitative estimate of drug-likeness (QED) is 0.264. The van der Waals surface area contributed by atoms with Gasteiger partial charge in [0.1, 0.15) is 5.75 Å². The number of benzene rings is 2. The van der Waals surface area contributed by atoms with Gasteiger partial charge >= 0.3 is 0 Å². The number of carbonyl (C=O) groups is 1. The molecule has 0 unspecified atom stereocenters. The third-order valence-corrected chi connectivity index (χ3v) is 7.78. The van der Waals surface area contributed by atoms with E-state index in [9.17, 15) is 15.1 Å². The third kappa shape index (κ3) is 5.98. The highest BCUT2D eigenvalue weighted by molar-refractivity contribution is 6.32. The normalized spacial score (nSPS) is 16.6. The average Bonchev–Trinajstić information content (AvgIpc) is 2.92. The van der Waals surface area contributed by atoms with Crippen molar-refractivity contribution in [2.24, 2.45) is 5.41 Å². The Kier molecular flexibility index (Phi) is 8.80. The van der Waals surface area contributed by atoms with Gasteiger partial charge in [0.15, 0.2) is 0 Å². The molecule has 4 rings (SSSR count). The van der Waals surface area contributed by atoms with Gasteiger partial charge in [-0.3, -0.25) is 15.0 Å². The van der Waals surface area contributed by atoms with Crippen LogP contribution in [0.3, 0.4) is 0 Å². The number of aryl methyl sites for hydroxylation is 1. The zero-order valence-electron chi connectivity index (χ0n) is 20.6.